The number of nitrogens with one attached hydrogen (secondary N) is 1. The Kier molecular flexibility index (Phi) is 7.94. The van der Waals surface area contributed by atoms with Gasteiger partial charge < -0.3 is 15.0 Å². The van der Waals surface area contributed by atoms with Crippen molar-refractivity contribution in [3.63, 3.8) is 0 Å². The zero-order chi connectivity index (χ0) is 14.4. The van der Waals surface area contributed by atoms with Crippen LogP contribution >= 0.6 is 35.3 Å². The number of rotatable bonds is 3. The average Bonchev–Trinajstić information content (AvgIpc) is 3.01. The predicted molar refractivity (Wildman–Crippen MR) is 94.0 cm³/mol. The van der Waals surface area contributed by atoms with Crippen LogP contribution in [0.2, 0.25) is 0 Å². The smallest absolute Gasteiger partial charge is 0.308 e. The van der Waals surface area contributed by atoms with E-state index in [1.165, 1.54) is 7.11 Å². The van der Waals surface area contributed by atoms with E-state index in [9.17, 15) is 4.79 Å². The number of ether oxygens (including phenoxy) is 1. The Morgan fingerprint density at radius 2 is 2.29 bits per heavy atom. The van der Waals surface area contributed by atoms with Crippen LogP contribution < -0.4 is 5.32 Å². The Morgan fingerprint density at radius 1 is 1.57 bits per heavy atom. The van der Waals surface area contributed by atoms with Crippen molar-refractivity contribution in [2.24, 2.45) is 10.9 Å². The van der Waals surface area contributed by atoms with Gasteiger partial charge in [-0.15, -0.1) is 35.3 Å². The molecule has 1 aromatic rings. The van der Waals surface area contributed by atoms with Gasteiger partial charge >= 0.3 is 5.97 Å². The van der Waals surface area contributed by atoms with Crippen molar-refractivity contribution in [3.05, 3.63) is 16.6 Å². The fourth-order valence-corrected chi connectivity index (χ4v) is 2.88. The maximum Gasteiger partial charge on any atom is 0.308 e. The molecule has 0 spiro atoms. The average molecular weight is 424 g/mol. The molecule has 1 aliphatic rings. The second-order valence-corrected chi connectivity index (χ2v) is 5.59. The molecule has 1 aliphatic heterocycles. The Bertz CT molecular complexity index is 459. The first kappa shape index (κ1) is 18.1. The molecule has 6 nitrogen and oxygen atoms in total. The molecule has 0 aliphatic carbocycles. The summed E-state index contributed by atoms with van der Waals surface area (Å²) in [7, 11) is 3.22. The first-order valence-corrected chi connectivity index (χ1v) is 7.54. The van der Waals surface area contributed by atoms with Crippen LogP contribution in [0.4, 0.5) is 0 Å². The Balaban J connectivity index is 0.00000220. The number of carbonyl (C=O) groups excluding carboxylic acids is 1. The molecule has 2 rings (SSSR count). The molecule has 0 aromatic carbocycles. The zero-order valence-corrected chi connectivity index (χ0v) is 15.4. The lowest BCUT2D eigenvalue weighted by Crippen LogP contribution is -2.46. The van der Waals surface area contributed by atoms with E-state index in [0.29, 0.717) is 6.54 Å². The predicted octanol–water partition coefficient (Wildman–Crippen LogP) is 1.72. The molecule has 0 saturated carbocycles. The molecule has 21 heavy (non-hydrogen) atoms. The minimum Gasteiger partial charge on any atom is -0.469 e. The van der Waals surface area contributed by atoms with E-state index in [0.717, 1.165) is 36.9 Å². The number of esters is 1. The number of piperidine rings is 1. The quantitative estimate of drug-likeness (QED) is 0.347. The zero-order valence-electron chi connectivity index (χ0n) is 12.2. The minimum absolute atomic E-state index is 0. The molecule has 118 valence electrons. The molecule has 1 N–H and O–H groups in total. The highest BCUT2D eigenvalue weighted by atomic mass is 127. The SMILES string of the molecule is CN=C(NCc1nccs1)N1CCC(C(=O)OC)CC1.I. The largest absolute Gasteiger partial charge is 0.469 e. The van der Waals surface area contributed by atoms with Gasteiger partial charge in [-0.2, -0.15) is 0 Å². The summed E-state index contributed by atoms with van der Waals surface area (Å²) >= 11 is 1.62. The molecule has 1 saturated heterocycles. The van der Waals surface area contributed by atoms with Crippen molar-refractivity contribution < 1.29 is 9.53 Å². The number of nitrogens with zero attached hydrogens (tertiary/aromatic N) is 3. The van der Waals surface area contributed by atoms with Crippen LogP contribution in [0.3, 0.4) is 0 Å². The summed E-state index contributed by atoms with van der Waals surface area (Å²) in [6.07, 6.45) is 3.42. The van der Waals surface area contributed by atoms with E-state index >= 15 is 0 Å². The maximum absolute atomic E-state index is 11.5. The third-order valence-corrected chi connectivity index (χ3v) is 4.20. The summed E-state index contributed by atoms with van der Waals surface area (Å²) in [5.74, 6) is 0.784. The van der Waals surface area contributed by atoms with Crippen molar-refractivity contribution in [1.82, 2.24) is 15.2 Å². The molecule has 2 heterocycles. The number of aliphatic imine (C=N–C) groups is 1. The van der Waals surface area contributed by atoms with E-state index in [4.69, 9.17) is 4.74 Å². The second-order valence-electron chi connectivity index (χ2n) is 4.61. The van der Waals surface area contributed by atoms with E-state index in [-0.39, 0.29) is 35.9 Å². The molecule has 0 amide bonds. The van der Waals surface area contributed by atoms with Gasteiger partial charge in [-0.05, 0) is 12.8 Å². The van der Waals surface area contributed by atoms with Crippen LogP contribution in [0.5, 0.6) is 0 Å². The number of hydrogen-bond acceptors (Lipinski definition) is 5. The Labute approximate surface area is 146 Å². The summed E-state index contributed by atoms with van der Waals surface area (Å²) in [6, 6.07) is 0. The van der Waals surface area contributed by atoms with E-state index in [1.807, 2.05) is 5.38 Å². The van der Waals surface area contributed by atoms with Gasteiger partial charge in [0.1, 0.15) is 5.01 Å². The standard InChI is InChI=1S/C13H20N4O2S.HI/c1-14-13(16-9-11-15-5-8-20-11)17-6-3-10(4-7-17)12(18)19-2;/h5,8,10H,3-4,6-7,9H2,1-2H3,(H,14,16);1H. The molecular weight excluding hydrogens is 403 g/mol. The Morgan fingerprint density at radius 3 is 2.81 bits per heavy atom. The minimum atomic E-state index is -0.101. The fourth-order valence-electron chi connectivity index (χ4n) is 2.32. The summed E-state index contributed by atoms with van der Waals surface area (Å²) in [6.45, 7) is 2.32. The number of halogens is 1. The van der Waals surface area contributed by atoms with E-state index in [1.54, 1.807) is 24.6 Å². The lowest BCUT2D eigenvalue weighted by atomic mass is 9.97. The first-order chi connectivity index (χ1) is 9.74. The van der Waals surface area contributed by atoms with Crippen molar-refractivity contribution in [2.45, 2.75) is 19.4 Å². The highest BCUT2D eigenvalue weighted by Crippen LogP contribution is 2.18. The van der Waals surface area contributed by atoms with Crippen LogP contribution in [0.1, 0.15) is 17.8 Å². The van der Waals surface area contributed by atoms with Gasteiger partial charge in [0.2, 0.25) is 0 Å². The monoisotopic (exact) mass is 424 g/mol. The van der Waals surface area contributed by atoms with E-state index < -0.39 is 0 Å². The van der Waals surface area contributed by atoms with Gasteiger partial charge in [0.25, 0.3) is 0 Å². The highest BCUT2D eigenvalue weighted by molar-refractivity contribution is 14.0. The normalized spacial score (nSPS) is 16.3. The first-order valence-electron chi connectivity index (χ1n) is 6.66. The molecular formula is C13H21IN4O2S. The topological polar surface area (TPSA) is 66.8 Å². The van der Waals surface area contributed by atoms with Gasteiger partial charge in [-0.25, -0.2) is 4.98 Å². The molecule has 0 unspecified atom stereocenters. The number of hydrogen-bond donors (Lipinski definition) is 1. The van der Waals surface area contributed by atoms with Crippen molar-refractivity contribution in [2.75, 3.05) is 27.2 Å². The van der Waals surface area contributed by atoms with Gasteiger partial charge in [0.05, 0.1) is 19.6 Å². The van der Waals surface area contributed by atoms with Gasteiger partial charge in [-0.3, -0.25) is 9.79 Å². The maximum atomic E-state index is 11.5. The number of likely N-dealkylation sites (tertiary alicyclic amines) is 1. The van der Waals surface area contributed by atoms with E-state index in [2.05, 4.69) is 20.2 Å². The number of methoxy groups -OCH3 is 1. The van der Waals surface area contributed by atoms with Crippen LogP contribution in [0.25, 0.3) is 0 Å². The summed E-state index contributed by atoms with van der Waals surface area (Å²) < 4.78 is 4.80. The van der Waals surface area contributed by atoms with Gasteiger partial charge in [-0.1, -0.05) is 0 Å². The number of carbonyl (C=O) groups is 1. The third kappa shape index (κ3) is 5.10. The third-order valence-electron chi connectivity index (χ3n) is 3.42. The molecule has 0 atom stereocenters. The van der Waals surface area contributed by atoms with Crippen LogP contribution in [0, 0.1) is 5.92 Å². The van der Waals surface area contributed by atoms with Crippen LogP contribution in [-0.2, 0) is 16.1 Å². The van der Waals surface area contributed by atoms with Gasteiger partial charge in [0.15, 0.2) is 5.96 Å². The molecule has 0 bridgehead atoms. The Hall–Kier alpha value is -0.900. The summed E-state index contributed by atoms with van der Waals surface area (Å²) in [5.41, 5.74) is 0. The van der Waals surface area contributed by atoms with Gasteiger partial charge in [0, 0.05) is 31.7 Å². The summed E-state index contributed by atoms with van der Waals surface area (Å²) in [5, 5.41) is 6.30. The summed E-state index contributed by atoms with van der Waals surface area (Å²) in [4.78, 5) is 22.2. The number of aromatic nitrogens is 1. The lowest BCUT2D eigenvalue weighted by molar-refractivity contribution is -0.146. The second kappa shape index (κ2) is 9.19. The highest BCUT2D eigenvalue weighted by Gasteiger charge is 2.26. The number of guanidine groups is 1. The van der Waals surface area contributed by atoms with Crippen molar-refractivity contribution in [1.29, 1.82) is 0 Å². The van der Waals surface area contributed by atoms with Crippen LogP contribution in [-0.4, -0.2) is 49.1 Å². The molecule has 8 heteroatoms. The molecule has 1 fully saturated rings. The van der Waals surface area contributed by atoms with Crippen molar-refractivity contribution >= 4 is 47.2 Å². The lowest BCUT2D eigenvalue weighted by Gasteiger charge is -2.33. The fraction of sp³-hybridized carbons (Fsp3) is 0.615. The molecule has 1 aromatic heterocycles. The molecule has 0 radical (unpaired) electrons. The van der Waals surface area contributed by atoms with Crippen molar-refractivity contribution in [3.8, 4) is 0 Å². The van der Waals surface area contributed by atoms with Crippen LogP contribution in [0.15, 0.2) is 16.6 Å². The number of thiazole rings is 1.